The molecule has 0 saturated carbocycles. The molecule has 0 aromatic carbocycles. The Bertz CT molecular complexity index is 293. The van der Waals surface area contributed by atoms with Crippen LogP contribution in [0.25, 0.3) is 4.96 Å². The Balaban J connectivity index is 2.92. The Morgan fingerprint density at radius 2 is 2.56 bits per heavy atom. The average Bonchev–Trinajstić information content (AvgIpc) is 2.22. The topological polar surface area (TPSA) is 43.1 Å². The van der Waals surface area contributed by atoms with E-state index in [0.717, 1.165) is 10.8 Å². The summed E-state index contributed by atoms with van der Waals surface area (Å²) < 4.78 is 1.53. The molecule has 0 aliphatic heterocycles. The molecule has 0 spiro atoms. The number of hydrogen-bond acceptors (Lipinski definition) is 4. The highest BCUT2D eigenvalue weighted by Gasteiger charge is 1.98. The molecule has 0 saturated heterocycles. The molecule has 0 N–H and O–H groups in total. The van der Waals surface area contributed by atoms with Crippen molar-refractivity contribution in [3.63, 3.8) is 0 Å². The van der Waals surface area contributed by atoms with Gasteiger partial charge in [0.2, 0.25) is 4.96 Å². The zero-order valence-corrected chi connectivity index (χ0v) is 5.59. The SMILES string of the molecule is Cc1nc2scnn2n1. The minimum absolute atomic E-state index is 0.773. The highest BCUT2D eigenvalue weighted by atomic mass is 32.1. The smallest absolute Gasteiger partial charge is 0.201 e. The molecule has 2 heterocycles. The van der Waals surface area contributed by atoms with E-state index in [2.05, 4.69) is 15.2 Å². The van der Waals surface area contributed by atoms with Gasteiger partial charge in [-0.05, 0) is 6.92 Å². The summed E-state index contributed by atoms with van der Waals surface area (Å²) in [6, 6.07) is 0. The number of hydrogen-bond donors (Lipinski definition) is 0. The van der Waals surface area contributed by atoms with Crippen molar-refractivity contribution < 1.29 is 0 Å². The summed E-state index contributed by atoms with van der Waals surface area (Å²) in [6.07, 6.45) is 0. The third-order valence-electron chi connectivity index (χ3n) is 0.983. The maximum absolute atomic E-state index is 4.08. The molecule has 0 atom stereocenters. The van der Waals surface area contributed by atoms with Crippen molar-refractivity contribution in [3.8, 4) is 0 Å². The predicted octanol–water partition coefficient (Wildman–Crippen LogP) is 0.494. The molecule has 0 bridgehead atoms. The number of fused-ring (bicyclic) bond motifs is 1. The number of nitrogens with zero attached hydrogens (tertiary/aromatic N) is 4. The van der Waals surface area contributed by atoms with E-state index < -0.39 is 0 Å². The third kappa shape index (κ3) is 0.613. The van der Waals surface area contributed by atoms with Gasteiger partial charge in [0.05, 0.1) is 0 Å². The van der Waals surface area contributed by atoms with E-state index in [9.17, 15) is 0 Å². The summed E-state index contributed by atoms with van der Waals surface area (Å²) in [6.45, 7) is 1.85. The Morgan fingerprint density at radius 1 is 1.67 bits per heavy atom. The van der Waals surface area contributed by atoms with E-state index in [1.165, 1.54) is 16.0 Å². The maximum atomic E-state index is 4.08. The zero-order chi connectivity index (χ0) is 6.27. The van der Waals surface area contributed by atoms with Gasteiger partial charge in [-0.3, -0.25) is 0 Å². The number of aryl methyl sites for hydroxylation is 1. The van der Waals surface area contributed by atoms with Crippen LogP contribution >= 0.6 is 11.3 Å². The molecule has 0 aliphatic carbocycles. The standard InChI is InChI=1S/C4H4N4S/c1-3-6-4-8(7-3)5-2-9-4/h2H,1H3. The lowest BCUT2D eigenvalue weighted by molar-refractivity contribution is 0.806. The van der Waals surface area contributed by atoms with Crippen molar-refractivity contribution in [2.45, 2.75) is 6.92 Å². The predicted molar refractivity (Wildman–Crippen MR) is 33.4 cm³/mol. The molecule has 2 aromatic heterocycles. The fourth-order valence-corrected chi connectivity index (χ4v) is 1.25. The van der Waals surface area contributed by atoms with Crippen LogP contribution in [0.15, 0.2) is 5.51 Å². The van der Waals surface area contributed by atoms with Gasteiger partial charge >= 0.3 is 0 Å². The molecule has 0 aliphatic rings. The van der Waals surface area contributed by atoms with Crippen molar-refractivity contribution >= 4 is 16.3 Å². The van der Waals surface area contributed by atoms with Crippen LogP contribution in [0.3, 0.4) is 0 Å². The second-order valence-electron chi connectivity index (χ2n) is 1.67. The van der Waals surface area contributed by atoms with Crippen LogP contribution in [0.1, 0.15) is 5.82 Å². The molecule has 9 heavy (non-hydrogen) atoms. The van der Waals surface area contributed by atoms with Gasteiger partial charge in [0.15, 0.2) is 5.82 Å². The lowest BCUT2D eigenvalue weighted by atomic mass is 10.8. The lowest BCUT2D eigenvalue weighted by Crippen LogP contribution is -1.84. The summed E-state index contributed by atoms with van der Waals surface area (Å²) in [4.78, 5) is 4.94. The van der Waals surface area contributed by atoms with Crippen LogP contribution in [-0.4, -0.2) is 19.8 Å². The second-order valence-corrected chi connectivity index (χ2v) is 2.48. The van der Waals surface area contributed by atoms with E-state index >= 15 is 0 Å². The molecule has 0 amide bonds. The van der Waals surface area contributed by atoms with E-state index in [-0.39, 0.29) is 0 Å². The summed E-state index contributed by atoms with van der Waals surface area (Å²) >= 11 is 1.49. The first-order chi connectivity index (χ1) is 4.36. The van der Waals surface area contributed by atoms with Crippen LogP contribution in [0.5, 0.6) is 0 Å². The lowest BCUT2D eigenvalue weighted by Gasteiger charge is -1.69. The van der Waals surface area contributed by atoms with Gasteiger partial charge in [-0.25, -0.2) is 4.98 Å². The Labute approximate surface area is 55.2 Å². The Kier molecular flexibility index (Phi) is 0.814. The second kappa shape index (κ2) is 1.51. The van der Waals surface area contributed by atoms with Crippen molar-refractivity contribution in [1.29, 1.82) is 0 Å². The van der Waals surface area contributed by atoms with Gasteiger partial charge < -0.3 is 0 Å². The largest absolute Gasteiger partial charge is 0.233 e. The van der Waals surface area contributed by atoms with Crippen LogP contribution < -0.4 is 0 Å². The summed E-state index contributed by atoms with van der Waals surface area (Å²) in [7, 11) is 0. The quantitative estimate of drug-likeness (QED) is 0.535. The fraction of sp³-hybridized carbons (Fsp3) is 0.250. The number of rotatable bonds is 0. The van der Waals surface area contributed by atoms with Crippen molar-refractivity contribution in [2.75, 3.05) is 0 Å². The first-order valence-corrected chi connectivity index (χ1v) is 3.37. The molecule has 5 heteroatoms. The molecule has 2 aromatic rings. The maximum Gasteiger partial charge on any atom is 0.233 e. The highest BCUT2D eigenvalue weighted by molar-refractivity contribution is 7.14. The van der Waals surface area contributed by atoms with Crippen molar-refractivity contribution in [2.24, 2.45) is 0 Å². The van der Waals surface area contributed by atoms with Crippen molar-refractivity contribution in [3.05, 3.63) is 11.3 Å². The van der Waals surface area contributed by atoms with E-state index in [0.29, 0.717) is 0 Å². The first kappa shape index (κ1) is 4.87. The molecular weight excluding hydrogens is 136 g/mol. The molecule has 0 radical (unpaired) electrons. The molecule has 4 nitrogen and oxygen atoms in total. The van der Waals surface area contributed by atoms with Crippen LogP contribution in [-0.2, 0) is 0 Å². The van der Waals surface area contributed by atoms with E-state index in [4.69, 9.17) is 0 Å². The third-order valence-corrected chi connectivity index (χ3v) is 1.65. The first-order valence-electron chi connectivity index (χ1n) is 2.49. The minimum atomic E-state index is 0.773. The summed E-state index contributed by atoms with van der Waals surface area (Å²) in [5, 5.41) is 7.88. The van der Waals surface area contributed by atoms with Crippen molar-refractivity contribution in [1.82, 2.24) is 19.8 Å². The zero-order valence-electron chi connectivity index (χ0n) is 4.77. The molecular formula is C4H4N4S. The van der Waals surface area contributed by atoms with Gasteiger partial charge in [0.1, 0.15) is 5.51 Å². The highest BCUT2D eigenvalue weighted by Crippen LogP contribution is 2.03. The van der Waals surface area contributed by atoms with Gasteiger partial charge in [-0.2, -0.15) is 0 Å². The molecule has 0 unspecified atom stereocenters. The summed E-state index contributed by atoms with van der Waals surface area (Å²) in [5.41, 5.74) is 1.72. The minimum Gasteiger partial charge on any atom is -0.201 e. The Morgan fingerprint density at radius 3 is 3.33 bits per heavy atom. The Hall–Kier alpha value is -0.970. The van der Waals surface area contributed by atoms with Gasteiger partial charge in [-0.1, -0.05) is 11.3 Å². The van der Waals surface area contributed by atoms with Crippen LogP contribution in [0.2, 0.25) is 0 Å². The monoisotopic (exact) mass is 140 g/mol. The molecule has 46 valence electrons. The molecule has 0 fully saturated rings. The van der Waals surface area contributed by atoms with Gasteiger partial charge in [0.25, 0.3) is 0 Å². The van der Waals surface area contributed by atoms with Gasteiger partial charge in [0, 0.05) is 0 Å². The average molecular weight is 140 g/mol. The fourth-order valence-electron chi connectivity index (χ4n) is 0.649. The normalized spacial score (nSPS) is 10.8. The van der Waals surface area contributed by atoms with Crippen LogP contribution in [0, 0.1) is 6.92 Å². The van der Waals surface area contributed by atoms with E-state index in [1.54, 1.807) is 5.51 Å². The molecule has 2 rings (SSSR count). The van der Waals surface area contributed by atoms with E-state index in [1.807, 2.05) is 6.92 Å². The van der Waals surface area contributed by atoms with Gasteiger partial charge in [-0.15, -0.1) is 14.8 Å². The summed E-state index contributed by atoms with van der Waals surface area (Å²) in [5.74, 6) is 0.773. The van der Waals surface area contributed by atoms with Crippen LogP contribution in [0.4, 0.5) is 0 Å². The number of aromatic nitrogens is 4.